The van der Waals surface area contributed by atoms with Crippen LogP contribution in [-0.4, -0.2) is 11.6 Å². The molecule has 0 aromatic carbocycles. The van der Waals surface area contributed by atoms with Crippen molar-refractivity contribution in [2.45, 2.75) is 13.8 Å². The number of pyridine rings is 2. The van der Waals surface area contributed by atoms with E-state index in [0.717, 1.165) is 11.1 Å². The predicted molar refractivity (Wildman–Crippen MR) is 81.7 cm³/mol. The van der Waals surface area contributed by atoms with Crippen molar-refractivity contribution in [3.63, 3.8) is 0 Å². The molecule has 0 radical (unpaired) electrons. The predicted octanol–water partition coefficient (Wildman–Crippen LogP) is 1.88. The Morgan fingerprint density at radius 1 is 0.810 bits per heavy atom. The summed E-state index contributed by atoms with van der Waals surface area (Å²) in [7, 11) is 3.79. The van der Waals surface area contributed by atoms with Crippen molar-refractivity contribution in [3.8, 4) is 0 Å². The Morgan fingerprint density at radius 3 is 1.33 bits per heavy atom. The topological polar surface area (TPSA) is 41.9 Å². The minimum absolute atomic E-state index is 0. The van der Waals surface area contributed by atoms with Gasteiger partial charge in [0.05, 0.1) is 11.1 Å². The Labute approximate surface area is 126 Å². The minimum Gasteiger partial charge on any atom is -0.358 e. The highest BCUT2D eigenvalue weighted by Gasteiger charge is 2.01. The zero-order valence-electron chi connectivity index (χ0n) is 13.3. The molecular weight excluding hydrogens is 264 g/mol. The Bertz CT molecular complexity index is 566. The number of aryl methyl sites for hydroxylation is 2. The molecule has 0 unspecified atom stereocenters. The normalized spacial score (nSPS) is 8.95. The molecule has 4 heteroatoms. The maximum absolute atomic E-state index is 10.8. The van der Waals surface area contributed by atoms with Gasteiger partial charge in [-0.3, -0.25) is 9.59 Å². The van der Waals surface area contributed by atoms with E-state index in [4.69, 9.17) is 0 Å². The fraction of sp³-hybridized carbons (Fsp3) is 0.235. The summed E-state index contributed by atoms with van der Waals surface area (Å²) in [4.78, 5) is 21.6. The molecule has 0 saturated carbocycles. The van der Waals surface area contributed by atoms with Crippen LogP contribution < -0.4 is 9.13 Å². The molecule has 2 heterocycles. The first-order valence-corrected chi connectivity index (χ1v) is 6.32. The van der Waals surface area contributed by atoms with Gasteiger partial charge in [0.25, 0.3) is 0 Å². The van der Waals surface area contributed by atoms with Crippen LogP contribution in [0.25, 0.3) is 0 Å². The van der Waals surface area contributed by atoms with Crippen molar-refractivity contribution in [1.82, 2.24) is 0 Å². The van der Waals surface area contributed by atoms with Crippen LogP contribution >= 0.6 is 0 Å². The number of hydrogen-bond acceptors (Lipinski definition) is 2. The molecule has 0 aliphatic carbocycles. The number of Topliss-reactive ketones (excluding diaryl/α,β-unsaturated/α-hetero) is 2. The molecule has 0 fully saturated rings. The van der Waals surface area contributed by atoms with Gasteiger partial charge in [0.15, 0.2) is 36.4 Å². The third-order valence-electron chi connectivity index (χ3n) is 2.69. The maximum atomic E-state index is 10.8. The lowest BCUT2D eigenvalue weighted by Gasteiger charge is -1.89. The van der Waals surface area contributed by atoms with E-state index in [9.17, 15) is 9.59 Å². The molecule has 0 bridgehead atoms. The lowest BCUT2D eigenvalue weighted by atomic mass is 10.2. The lowest BCUT2D eigenvalue weighted by Crippen LogP contribution is -2.27. The summed E-state index contributed by atoms with van der Waals surface area (Å²) in [6.45, 7) is 3.13. The van der Waals surface area contributed by atoms with E-state index >= 15 is 0 Å². The number of hydrogen-bond donors (Lipinski definition) is 0. The van der Waals surface area contributed by atoms with Crippen LogP contribution in [0.2, 0.25) is 0 Å². The molecule has 2 aromatic heterocycles. The van der Waals surface area contributed by atoms with E-state index in [2.05, 4.69) is 0 Å². The summed E-state index contributed by atoms with van der Waals surface area (Å²) < 4.78 is 3.72. The van der Waals surface area contributed by atoms with Crippen molar-refractivity contribution < 1.29 is 18.7 Å². The quantitative estimate of drug-likeness (QED) is 0.481. The SMILES string of the molecule is CC(=O)c1ccc[n+](C)c1.CC(=O)c1ccc[n+](C)c1.[CH3-]. The molecule has 0 aliphatic rings. The second kappa shape index (κ2) is 8.74. The number of nitrogens with zero attached hydrogens (tertiary/aromatic N) is 2. The van der Waals surface area contributed by atoms with Crippen LogP contribution in [0.15, 0.2) is 49.1 Å². The smallest absolute Gasteiger partial charge is 0.179 e. The van der Waals surface area contributed by atoms with Gasteiger partial charge < -0.3 is 7.43 Å². The van der Waals surface area contributed by atoms with Gasteiger partial charge in [0.1, 0.15) is 14.1 Å². The fourth-order valence-electron chi connectivity index (χ4n) is 1.59. The van der Waals surface area contributed by atoms with Crippen LogP contribution in [-0.2, 0) is 14.1 Å². The van der Waals surface area contributed by atoms with Gasteiger partial charge in [-0.25, -0.2) is 9.13 Å². The van der Waals surface area contributed by atoms with Gasteiger partial charge in [-0.2, -0.15) is 0 Å². The molecule has 0 saturated heterocycles. The Hall–Kier alpha value is -2.36. The van der Waals surface area contributed by atoms with E-state index < -0.39 is 0 Å². The van der Waals surface area contributed by atoms with Crippen molar-refractivity contribution in [2.75, 3.05) is 0 Å². The van der Waals surface area contributed by atoms with Crippen molar-refractivity contribution in [3.05, 3.63) is 67.6 Å². The van der Waals surface area contributed by atoms with Crippen LogP contribution in [0.4, 0.5) is 0 Å². The maximum Gasteiger partial charge on any atom is 0.179 e. The van der Waals surface area contributed by atoms with Gasteiger partial charge in [0.2, 0.25) is 0 Å². The molecule has 21 heavy (non-hydrogen) atoms. The van der Waals surface area contributed by atoms with Crippen LogP contribution in [0.5, 0.6) is 0 Å². The minimum atomic E-state index is 0. The zero-order valence-corrected chi connectivity index (χ0v) is 13.3. The first-order valence-electron chi connectivity index (χ1n) is 6.32. The number of rotatable bonds is 2. The van der Waals surface area contributed by atoms with E-state index in [0.29, 0.717) is 0 Å². The molecule has 2 rings (SSSR count). The molecule has 0 N–H and O–H groups in total. The molecular formula is C17H23N2O2+. The Balaban J connectivity index is 0.000000364. The van der Waals surface area contributed by atoms with Crippen LogP contribution in [0, 0.1) is 7.43 Å². The fourth-order valence-corrected chi connectivity index (χ4v) is 1.59. The lowest BCUT2D eigenvalue weighted by molar-refractivity contribution is -0.671. The van der Waals surface area contributed by atoms with Gasteiger partial charge in [-0.1, -0.05) is 0 Å². The van der Waals surface area contributed by atoms with Crippen molar-refractivity contribution >= 4 is 11.6 Å². The molecule has 2 aromatic rings. The summed E-state index contributed by atoms with van der Waals surface area (Å²) in [5, 5.41) is 0. The summed E-state index contributed by atoms with van der Waals surface area (Å²) in [5.74, 6) is 0.215. The van der Waals surface area contributed by atoms with E-state index in [-0.39, 0.29) is 19.0 Å². The molecule has 0 spiro atoms. The van der Waals surface area contributed by atoms with E-state index in [1.54, 1.807) is 13.8 Å². The molecule has 0 amide bonds. The second-order valence-corrected chi connectivity index (χ2v) is 4.63. The molecule has 0 aliphatic heterocycles. The van der Waals surface area contributed by atoms with Crippen molar-refractivity contribution in [2.24, 2.45) is 14.1 Å². The second-order valence-electron chi connectivity index (χ2n) is 4.63. The first-order chi connectivity index (χ1) is 9.40. The highest BCUT2D eigenvalue weighted by molar-refractivity contribution is 5.93. The first kappa shape index (κ1) is 18.6. The van der Waals surface area contributed by atoms with Gasteiger partial charge in [0, 0.05) is 12.1 Å². The number of carbonyl (C=O) groups excluding carboxylic acids is 2. The highest BCUT2D eigenvalue weighted by atomic mass is 16.1. The molecule has 0 atom stereocenters. The summed E-state index contributed by atoms with van der Waals surface area (Å²) in [6.07, 6.45) is 7.41. The largest absolute Gasteiger partial charge is 0.358 e. The Morgan fingerprint density at radius 2 is 1.14 bits per heavy atom. The third-order valence-corrected chi connectivity index (χ3v) is 2.69. The number of ketones is 2. The Kier molecular flexibility index (Phi) is 7.76. The standard InChI is InChI=1S/2C8H10NO.CH3/c2*1-7(10)8-4-3-5-9(2)6-8;/h2*3-6H,1-2H3;1H3/q2*+1;-1. The molecule has 4 nitrogen and oxygen atoms in total. The molecule has 112 valence electrons. The highest BCUT2D eigenvalue weighted by Crippen LogP contribution is 1.94. The summed E-state index contributed by atoms with van der Waals surface area (Å²) >= 11 is 0. The van der Waals surface area contributed by atoms with Crippen LogP contribution in [0.1, 0.15) is 34.6 Å². The third kappa shape index (κ3) is 6.56. The van der Waals surface area contributed by atoms with Gasteiger partial charge in [-0.15, -0.1) is 0 Å². The van der Waals surface area contributed by atoms with Gasteiger partial charge >= 0.3 is 0 Å². The monoisotopic (exact) mass is 287 g/mol. The summed E-state index contributed by atoms with van der Waals surface area (Å²) in [5.41, 5.74) is 1.51. The van der Waals surface area contributed by atoms with Crippen LogP contribution in [0.3, 0.4) is 0 Å². The summed E-state index contributed by atoms with van der Waals surface area (Å²) in [6, 6.07) is 7.33. The number of carbonyl (C=O) groups is 2. The van der Waals surface area contributed by atoms with E-state index in [1.165, 1.54) is 0 Å². The average molecular weight is 287 g/mol. The van der Waals surface area contributed by atoms with Crippen molar-refractivity contribution in [1.29, 1.82) is 0 Å². The van der Waals surface area contributed by atoms with E-state index in [1.807, 2.05) is 72.3 Å². The zero-order chi connectivity index (χ0) is 15.1. The van der Waals surface area contributed by atoms with Gasteiger partial charge in [-0.05, 0) is 26.0 Å². The number of aromatic nitrogens is 2. The average Bonchev–Trinajstić information content (AvgIpc) is 2.39.